The van der Waals surface area contributed by atoms with Crippen molar-refractivity contribution in [1.82, 2.24) is 15.2 Å². The number of aliphatic carboxylic acids is 2. The van der Waals surface area contributed by atoms with Crippen molar-refractivity contribution in [3.05, 3.63) is 153 Å². The third-order valence-corrected chi connectivity index (χ3v) is 11.9. The largest absolute Gasteiger partial charge is 0.506 e. The zero-order valence-corrected chi connectivity index (χ0v) is 41.1. The van der Waals surface area contributed by atoms with Crippen molar-refractivity contribution in [3.63, 3.8) is 0 Å². The number of anilines is 3. The second kappa shape index (κ2) is 26.3. The minimum absolute atomic E-state index is 0.0659. The number of likely N-dealkylation sites (tertiary alicyclic amines) is 1. The summed E-state index contributed by atoms with van der Waals surface area (Å²) in [4.78, 5) is 75.8. The lowest BCUT2D eigenvalue weighted by atomic mass is 10.0. The summed E-state index contributed by atoms with van der Waals surface area (Å²) in [5.41, 5.74) is 7.53. The summed E-state index contributed by atoms with van der Waals surface area (Å²) in [7, 11) is 1.73. The number of carboxylic acids is 2. The Morgan fingerprint density at radius 2 is 1.41 bits per heavy atom. The van der Waals surface area contributed by atoms with E-state index in [0.29, 0.717) is 79.0 Å². The quantitative estimate of drug-likeness (QED) is 0.0475. The number of piperidine rings is 1. The Morgan fingerprint density at radius 1 is 0.776 bits per heavy atom. The summed E-state index contributed by atoms with van der Waals surface area (Å²) in [5, 5.41) is 45.1. The number of ether oxygens (including phenoxy) is 1. The molecule has 6 aromatic rings. The van der Waals surface area contributed by atoms with Crippen LogP contribution in [0.15, 0.2) is 120 Å². The lowest BCUT2D eigenvalue weighted by molar-refractivity contribution is -0.193. The fraction of sp³-hybridized carbons (Fsp3) is 0.283. The number of halogens is 6. The zero-order chi connectivity index (χ0) is 55.9. The number of hydrogen-bond donors (Lipinski definition) is 8. The average Bonchev–Trinajstić information content (AvgIpc) is 3.37. The lowest BCUT2D eigenvalue weighted by Crippen LogP contribution is -2.40. The van der Waals surface area contributed by atoms with Crippen molar-refractivity contribution < 1.29 is 75.5 Å². The lowest BCUT2D eigenvalue weighted by Gasteiger charge is -2.32. The maximum Gasteiger partial charge on any atom is 0.490 e. The van der Waals surface area contributed by atoms with Gasteiger partial charge in [-0.05, 0) is 90.9 Å². The van der Waals surface area contributed by atoms with E-state index in [0.717, 1.165) is 27.8 Å². The number of aryl methyl sites for hydroxylation is 2. The number of alkyl halides is 6. The molecule has 1 fully saturated rings. The first kappa shape index (κ1) is 58.6. The van der Waals surface area contributed by atoms with Crippen LogP contribution in [0.5, 0.6) is 5.75 Å². The number of aromatic amines is 1. The van der Waals surface area contributed by atoms with Gasteiger partial charge in [-0.3, -0.25) is 19.7 Å². The highest BCUT2D eigenvalue weighted by Gasteiger charge is 2.39. The highest BCUT2D eigenvalue weighted by atomic mass is 19.4. The molecule has 1 aromatic heterocycles. The number of fused-ring (bicyclic) bond motifs is 1. The Hall–Kier alpha value is -8.28. The summed E-state index contributed by atoms with van der Waals surface area (Å²) < 4.78 is 69.3. The molecule has 404 valence electrons. The van der Waals surface area contributed by atoms with Crippen molar-refractivity contribution in [2.75, 3.05) is 48.8 Å². The smallest absolute Gasteiger partial charge is 0.490 e. The number of nitrogens with zero attached hydrogens (tertiary/aromatic N) is 2. The number of benzene rings is 5. The van der Waals surface area contributed by atoms with E-state index >= 15 is 0 Å². The number of amides is 3. The van der Waals surface area contributed by atoms with Gasteiger partial charge in [-0.25, -0.2) is 14.4 Å². The van der Waals surface area contributed by atoms with Gasteiger partial charge in [-0.2, -0.15) is 26.3 Å². The van der Waals surface area contributed by atoms with Gasteiger partial charge in [-0.1, -0.05) is 72.8 Å². The molecular weight excluding hydrogens is 1010 g/mol. The van der Waals surface area contributed by atoms with Crippen molar-refractivity contribution in [3.8, 4) is 16.9 Å². The van der Waals surface area contributed by atoms with Gasteiger partial charge in [0.05, 0.1) is 17.3 Å². The number of rotatable bonds is 14. The first-order valence-electron chi connectivity index (χ1n) is 23.3. The van der Waals surface area contributed by atoms with E-state index in [1.54, 1.807) is 36.2 Å². The molecule has 0 aliphatic carbocycles. The Morgan fingerprint density at radius 3 is 2.04 bits per heavy atom. The van der Waals surface area contributed by atoms with E-state index in [4.69, 9.17) is 24.5 Å². The highest BCUT2D eigenvalue weighted by Crippen LogP contribution is 2.30. The zero-order valence-electron chi connectivity index (χ0n) is 41.1. The summed E-state index contributed by atoms with van der Waals surface area (Å²) in [6, 6.07) is 34.6. The Bertz CT molecular complexity index is 3050. The maximum atomic E-state index is 13.5. The van der Waals surface area contributed by atoms with Gasteiger partial charge in [-0.15, -0.1) is 0 Å². The van der Waals surface area contributed by atoms with Gasteiger partial charge >= 0.3 is 30.4 Å². The molecule has 0 spiro atoms. The van der Waals surface area contributed by atoms with Crippen LogP contribution in [0.4, 0.5) is 48.2 Å². The minimum Gasteiger partial charge on any atom is -0.506 e. The van der Waals surface area contributed by atoms with Crippen LogP contribution in [0.3, 0.4) is 0 Å². The van der Waals surface area contributed by atoms with Crippen LogP contribution in [0.1, 0.15) is 58.0 Å². The highest BCUT2D eigenvalue weighted by molar-refractivity contribution is 6.06. The molecule has 23 heteroatoms. The number of para-hydroxylation sites is 1. The molecular formula is C53H54F6N6O11. The first-order chi connectivity index (χ1) is 35.8. The Kier molecular flexibility index (Phi) is 20.3. The second-order valence-corrected chi connectivity index (χ2v) is 17.3. The minimum atomic E-state index is -5.08. The van der Waals surface area contributed by atoms with Crippen LogP contribution in [-0.2, 0) is 25.7 Å². The maximum absolute atomic E-state index is 13.5. The molecule has 8 N–H and O–H groups in total. The molecule has 1 saturated heterocycles. The molecule has 0 saturated carbocycles. The van der Waals surface area contributed by atoms with Gasteiger partial charge in [0.2, 0.25) is 11.5 Å². The van der Waals surface area contributed by atoms with E-state index in [1.165, 1.54) is 12.1 Å². The number of H-pyrrole nitrogens is 1. The number of nitrogens with one attached hydrogen (secondary N) is 4. The number of aliphatic hydroxyl groups excluding tert-OH is 1. The molecule has 5 aromatic carbocycles. The number of hydrogen-bond acceptors (Lipinski definition) is 11. The van der Waals surface area contributed by atoms with E-state index in [-0.39, 0.29) is 41.3 Å². The van der Waals surface area contributed by atoms with Crippen LogP contribution in [0.2, 0.25) is 0 Å². The molecule has 1 aliphatic rings. The molecule has 1 atom stereocenters. The molecule has 17 nitrogen and oxygen atoms in total. The number of carbonyl (C=O) groups excluding carboxylic acids is 3. The van der Waals surface area contributed by atoms with Crippen LogP contribution >= 0.6 is 0 Å². The van der Waals surface area contributed by atoms with Crippen LogP contribution < -0.4 is 26.4 Å². The molecule has 0 bridgehead atoms. The average molecular weight is 1070 g/mol. The monoisotopic (exact) mass is 1060 g/mol. The number of phenols is 1. The van der Waals surface area contributed by atoms with E-state index in [9.17, 15) is 55.7 Å². The number of aromatic hydroxyl groups is 1. The summed E-state index contributed by atoms with van der Waals surface area (Å²) >= 11 is 0. The Balaban J connectivity index is 0.000000671. The predicted molar refractivity (Wildman–Crippen MR) is 270 cm³/mol. The standard InChI is InChI=1S/C49H52N6O7.2C2HF3O2/c1-31-13-15-35(48(60)51-40-18-14-33(27-32(40)2)29-50-30-44(57)38-16-19-43(56)47-39(38)17-20-45(58)53-47)28-42(31)54(3)46(59)23-26-55-24-21-36(22-25-55)62-49(61)52-41-12-8-7-11-37(41)34-9-5-4-6-10-34;2*3-2(4,5)1(6)7/h4-20,27-28,36,44,50,56-57H,21-26,29-30H2,1-3H3,(H,51,60)(H,52,61)(H,53,58);2*(H,6,7)/t44-;;/m0../s1. The van der Waals surface area contributed by atoms with Gasteiger partial charge in [0.25, 0.3) is 5.91 Å². The SMILES string of the molecule is Cc1cc(CNC[C@H](O)c2ccc(O)c3[nH]c(=O)ccc23)ccc1NC(=O)c1ccc(C)c(N(C)C(=O)CCN2CCC(OC(=O)Nc3ccccc3-c3ccccc3)CC2)c1.O=C(O)C(F)(F)F.O=C(O)C(F)(F)F. The summed E-state index contributed by atoms with van der Waals surface area (Å²) in [6.07, 6.45) is -10.1. The second-order valence-electron chi connectivity index (χ2n) is 17.3. The number of aliphatic hydroxyl groups is 1. The summed E-state index contributed by atoms with van der Waals surface area (Å²) in [5.74, 6) is -5.95. The molecule has 2 heterocycles. The number of aromatic nitrogens is 1. The van der Waals surface area contributed by atoms with Crippen LogP contribution in [0.25, 0.3) is 22.0 Å². The van der Waals surface area contributed by atoms with Crippen molar-refractivity contribution in [2.24, 2.45) is 0 Å². The number of carboxylic acid groups (broad SMARTS) is 2. The van der Waals surface area contributed by atoms with E-state index in [2.05, 4.69) is 25.8 Å². The van der Waals surface area contributed by atoms with E-state index in [1.807, 2.05) is 92.7 Å². The molecule has 1 aliphatic heterocycles. The van der Waals surface area contributed by atoms with Gasteiger partial charge < -0.3 is 50.6 Å². The first-order valence-corrected chi connectivity index (χ1v) is 23.3. The molecule has 0 radical (unpaired) electrons. The normalized spacial score (nSPS) is 13.2. The predicted octanol–water partition coefficient (Wildman–Crippen LogP) is 8.93. The molecule has 7 rings (SSSR count). The molecule has 0 unspecified atom stereocenters. The van der Waals surface area contributed by atoms with Crippen molar-refractivity contribution in [1.29, 1.82) is 0 Å². The van der Waals surface area contributed by atoms with Gasteiger partial charge in [0.1, 0.15) is 11.9 Å². The molecule has 76 heavy (non-hydrogen) atoms. The van der Waals surface area contributed by atoms with Crippen molar-refractivity contribution in [2.45, 2.75) is 64.2 Å². The van der Waals surface area contributed by atoms with E-state index < -0.39 is 36.5 Å². The van der Waals surface area contributed by atoms with Gasteiger partial charge in [0.15, 0.2) is 0 Å². The van der Waals surface area contributed by atoms with Crippen LogP contribution in [0, 0.1) is 13.8 Å². The van der Waals surface area contributed by atoms with Crippen molar-refractivity contribution >= 4 is 57.8 Å². The number of pyridine rings is 1. The van der Waals surface area contributed by atoms with Gasteiger partial charge in [0, 0.05) is 80.1 Å². The number of carbonyl (C=O) groups is 5. The topological polar surface area (TPSA) is 251 Å². The molecule has 3 amide bonds. The number of phenolic OH excluding ortho intramolecular Hbond substituents is 1. The third-order valence-electron chi connectivity index (χ3n) is 11.9. The fourth-order valence-electron chi connectivity index (χ4n) is 7.85. The third kappa shape index (κ3) is 16.9. The summed E-state index contributed by atoms with van der Waals surface area (Å²) in [6.45, 7) is 6.47. The van der Waals surface area contributed by atoms with Crippen LogP contribution in [-0.4, -0.2) is 112 Å². The fourth-order valence-corrected chi connectivity index (χ4v) is 7.85. The Labute approximate surface area is 430 Å².